The van der Waals surface area contributed by atoms with Crippen LogP contribution in [0.3, 0.4) is 0 Å². The molecule has 1 aromatic carbocycles. The van der Waals surface area contributed by atoms with E-state index < -0.39 is 0 Å². The lowest BCUT2D eigenvalue weighted by molar-refractivity contribution is 0.0903. The molecule has 4 aromatic rings. The molecule has 1 saturated heterocycles. The minimum atomic E-state index is -0.124. The summed E-state index contributed by atoms with van der Waals surface area (Å²) in [6, 6.07) is 14.1. The van der Waals surface area contributed by atoms with Crippen LogP contribution in [0.4, 0.5) is 5.95 Å². The van der Waals surface area contributed by atoms with E-state index in [0.717, 1.165) is 60.1 Å². The molecule has 0 radical (unpaired) electrons. The maximum atomic E-state index is 9.97. The molecule has 9 nitrogen and oxygen atoms in total. The van der Waals surface area contributed by atoms with Gasteiger partial charge in [0.25, 0.3) is 0 Å². The molecule has 0 saturated carbocycles. The van der Waals surface area contributed by atoms with Crippen LogP contribution >= 0.6 is 0 Å². The van der Waals surface area contributed by atoms with Crippen LogP contribution in [0.15, 0.2) is 54.9 Å². The number of rotatable bonds is 8. The second-order valence-corrected chi connectivity index (χ2v) is 8.91. The standard InChI is InChI=1S/C26H30N6O3/c1-17(16-33)24(18-3-5-21(34-2)6-4-18)25-31-30-23-15-19(8-12-32(23)25)22-7-11-27-26(29-22)28-20-9-13-35-14-10-20/h3-8,11-12,15,17,20,24,33H,9-10,13-14,16H2,1-2H3,(H,27,28,29). The quantitative estimate of drug-likeness (QED) is 0.399. The third kappa shape index (κ3) is 4.96. The van der Waals surface area contributed by atoms with Crippen molar-refractivity contribution in [3.63, 3.8) is 0 Å². The molecule has 0 aliphatic carbocycles. The first-order valence-electron chi connectivity index (χ1n) is 11.9. The molecule has 0 bridgehead atoms. The molecule has 2 N–H and O–H groups in total. The Labute approximate surface area is 204 Å². The van der Waals surface area contributed by atoms with Crippen LogP contribution in [0.25, 0.3) is 16.9 Å². The molecule has 1 fully saturated rings. The van der Waals surface area contributed by atoms with Gasteiger partial charge >= 0.3 is 0 Å². The first kappa shape index (κ1) is 23.2. The van der Waals surface area contributed by atoms with Crippen LogP contribution in [-0.2, 0) is 4.74 Å². The van der Waals surface area contributed by atoms with Crippen LogP contribution in [0.1, 0.15) is 37.1 Å². The molecule has 35 heavy (non-hydrogen) atoms. The SMILES string of the molecule is COc1ccc(C(c2nnc3cc(-c4ccnc(NC5CCOCC5)n4)ccn23)C(C)CO)cc1. The van der Waals surface area contributed by atoms with Gasteiger partial charge in [-0.05, 0) is 54.7 Å². The summed E-state index contributed by atoms with van der Waals surface area (Å²) in [7, 11) is 1.65. The lowest BCUT2D eigenvalue weighted by Crippen LogP contribution is -2.28. The first-order chi connectivity index (χ1) is 17.2. The van der Waals surface area contributed by atoms with Gasteiger partial charge in [0.15, 0.2) is 5.65 Å². The minimum Gasteiger partial charge on any atom is -0.497 e. The van der Waals surface area contributed by atoms with Crippen molar-refractivity contribution < 1.29 is 14.6 Å². The summed E-state index contributed by atoms with van der Waals surface area (Å²) >= 11 is 0. The maximum absolute atomic E-state index is 9.97. The Morgan fingerprint density at radius 1 is 1.14 bits per heavy atom. The Balaban J connectivity index is 1.44. The second kappa shape index (κ2) is 10.4. The van der Waals surface area contributed by atoms with Crippen molar-refractivity contribution in [2.75, 3.05) is 32.2 Å². The van der Waals surface area contributed by atoms with Crippen LogP contribution in [0, 0.1) is 5.92 Å². The number of methoxy groups -OCH3 is 1. The fourth-order valence-electron chi connectivity index (χ4n) is 4.54. The number of nitrogens with one attached hydrogen (secondary N) is 1. The Bertz CT molecular complexity index is 1270. The minimum absolute atomic E-state index is 0.0352. The van der Waals surface area contributed by atoms with Crippen molar-refractivity contribution in [1.29, 1.82) is 0 Å². The van der Waals surface area contributed by atoms with Gasteiger partial charge in [0.1, 0.15) is 11.6 Å². The summed E-state index contributed by atoms with van der Waals surface area (Å²) < 4.78 is 12.7. The lowest BCUT2D eigenvalue weighted by Gasteiger charge is -2.23. The number of aromatic nitrogens is 5. The highest BCUT2D eigenvalue weighted by molar-refractivity contribution is 5.64. The summed E-state index contributed by atoms with van der Waals surface area (Å²) in [4.78, 5) is 9.12. The Morgan fingerprint density at radius 3 is 2.69 bits per heavy atom. The normalized spacial score (nSPS) is 16.2. The monoisotopic (exact) mass is 474 g/mol. The Hall–Kier alpha value is -3.56. The zero-order valence-corrected chi connectivity index (χ0v) is 20.0. The summed E-state index contributed by atoms with van der Waals surface area (Å²) in [5.41, 5.74) is 3.52. The van der Waals surface area contributed by atoms with Crippen molar-refractivity contribution in [2.45, 2.75) is 31.7 Å². The van der Waals surface area contributed by atoms with Crippen molar-refractivity contribution in [3.8, 4) is 17.0 Å². The van der Waals surface area contributed by atoms with Crippen molar-refractivity contribution in [1.82, 2.24) is 24.6 Å². The van der Waals surface area contributed by atoms with Crippen molar-refractivity contribution >= 4 is 11.6 Å². The zero-order chi connectivity index (χ0) is 24.2. The zero-order valence-electron chi connectivity index (χ0n) is 20.0. The van der Waals surface area contributed by atoms with Gasteiger partial charge in [0.05, 0.1) is 12.8 Å². The average molecular weight is 475 g/mol. The maximum Gasteiger partial charge on any atom is 0.223 e. The molecule has 5 rings (SSSR count). The summed E-state index contributed by atoms with van der Waals surface area (Å²) in [6.07, 6.45) is 5.63. The van der Waals surface area contributed by atoms with E-state index in [0.29, 0.717) is 12.0 Å². The number of aliphatic hydroxyl groups excluding tert-OH is 1. The number of aliphatic hydroxyl groups is 1. The van der Waals surface area contributed by atoms with Crippen LogP contribution in [0.2, 0.25) is 0 Å². The molecule has 182 valence electrons. The van der Waals surface area contributed by atoms with Crippen LogP contribution in [0.5, 0.6) is 5.75 Å². The molecule has 1 aliphatic heterocycles. The van der Waals surface area contributed by atoms with E-state index in [1.165, 1.54) is 0 Å². The number of nitrogens with zero attached hydrogens (tertiary/aromatic N) is 5. The molecule has 1 aliphatic rings. The van der Waals surface area contributed by atoms with Gasteiger partial charge in [-0.1, -0.05) is 19.1 Å². The third-order valence-electron chi connectivity index (χ3n) is 6.55. The summed E-state index contributed by atoms with van der Waals surface area (Å²) in [5.74, 6) is 2.02. The molecule has 4 heterocycles. The number of benzene rings is 1. The molecule has 9 heteroatoms. The Morgan fingerprint density at radius 2 is 1.94 bits per heavy atom. The number of anilines is 1. The van der Waals surface area contributed by atoms with Crippen LogP contribution < -0.4 is 10.1 Å². The van der Waals surface area contributed by atoms with Crippen molar-refractivity contribution in [3.05, 3.63) is 66.2 Å². The van der Waals surface area contributed by atoms with Gasteiger partial charge in [-0.3, -0.25) is 4.40 Å². The highest BCUT2D eigenvalue weighted by Crippen LogP contribution is 2.33. The number of hydrogen-bond acceptors (Lipinski definition) is 8. The number of fused-ring (bicyclic) bond motifs is 1. The highest BCUT2D eigenvalue weighted by atomic mass is 16.5. The van der Waals surface area contributed by atoms with Gasteiger partial charge in [0.2, 0.25) is 5.95 Å². The molecular weight excluding hydrogens is 444 g/mol. The molecular formula is C26H30N6O3. The molecule has 0 spiro atoms. The summed E-state index contributed by atoms with van der Waals surface area (Å²) in [5, 5.41) is 22.4. The van der Waals surface area contributed by atoms with Gasteiger partial charge in [-0.15, -0.1) is 10.2 Å². The predicted molar refractivity (Wildman–Crippen MR) is 133 cm³/mol. The van der Waals surface area contributed by atoms with E-state index in [2.05, 4.69) is 20.5 Å². The number of pyridine rings is 1. The molecule has 0 amide bonds. The molecule has 2 unspecified atom stereocenters. The Kier molecular flexibility index (Phi) is 6.87. The average Bonchev–Trinajstić information content (AvgIpc) is 3.32. The fraction of sp³-hybridized carbons (Fsp3) is 0.385. The fourth-order valence-corrected chi connectivity index (χ4v) is 4.54. The topological polar surface area (TPSA) is 107 Å². The van der Waals surface area contributed by atoms with E-state index in [1.54, 1.807) is 13.3 Å². The summed E-state index contributed by atoms with van der Waals surface area (Å²) in [6.45, 7) is 3.57. The first-order valence-corrected chi connectivity index (χ1v) is 11.9. The molecule has 3 aromatic heterocycles. The predicted octanol–water partition coefficient (Wildman–Crippen LogP) is 3.55. The third-order valence-corrected chi connectivity index (χ3v) is 6.55. The van der Waals surface area contributed by atoms with E-state index in [4.69, 9.17) is 14.5 Å². The van der Waals surface area contributed by atoms with Crippen LogP contribution in [-0.4, -0.2) is 62.6 Å². The van der Waals surface area contributed by atoms with Gasteiger partial charge in [0, 0.05) is 49.7 Å². The van der Waals surface area contributed by atoms with Gasteiger partial charge in [-0.25, -0.2) is 9.97 Å². The van der Waals surface area contributed by atoms with Gasteiger partial charge < -0.3 is 19.9 Å². The van der Waals surface area contributed by atoms with E-state index >= 15 is 0 Å². The molecule has 2 atom stereocenters. The number of hydrogen-bond donors (Lipinski definition) is 2. The van der Waals surface area contributed by atoms with E-state index in [9.17, 15) is 5.11 Å². The van der Waals surface area contributed by atoms with E-state index in [-0.39, 0.29) is 18.4 Å². The van der Waals surface area contributed by atoms with Gasteiger partial charge in [-0.2, -0.15) is 0 Å². The largest absolute Gasteiger partial charge is 0.497 e. The van der Waals surface area contributed by atoms with E-state index in [1.807, 2.05) is 60.0 Å². The highest BCUT2D eigenvalue weighted by Gasteiger charge is 2.26. The smallest absolute Gasteiger partial charge is 0.223 e. The van der Waals surface area contributed by atoms with Crippen molar-refractivity contribution in [2.24, 2.45) is 5.92 Å². The lowest BCUT2D eigenvalue weighted by atomic mass is 9.87. The second-order valence-electron chi connectivity index (χ2n) is 8.91. The number of ether oxygens (including phenoxy) is 2.